The van der Waals surface area contributed by atoms with Crippen molar-refractivity contribution in [3.63, 3.8) is 0 Å². The van der Waals surface area contributed by atoms with Gasteiger partial charge in [0.15, 0.2) is 0 Å². The Hall–Kier alpha value is -0.940. The molecule has 0 aliphatic carbocycles. The lowest BCUT2D eigenvalue weighted by molar-refractivity contribution is 0.0263. The number of hydrogen-bond acceptors (Lipinski definition) is 3. The van der Waals surface area contributed by atoms with Crippen molar-refractivity contribution in [2.24, 2.45) is 0 Å². The standard InChI is InChI=1S/C15H23BrClNO3/c1-6-12(17)13(8-7-9-16)20-11-10-18(5)14(19)21-15(2,3)4/h6-8H,1,9-11H2,2-5H3/b8-7-,13-12-. The lowest BCUT2D eigenvalue weighted by Gasteiger charge is -2.24. The normalized spacial score (nSPS) is 12.9. The van der Waals surface area contributed by atoms with E-state index in [4.69, 9.17) is 21.1 Å². The van der Waals surface area contributed by atoms with Crippen molar-refractivity contribution < 1.29 is 14.3 Å². The summed E-state index contributed by atoms with van der Waals surface area (Å²) >= 11 is 9.28. The molecule has 0 atom stereocenters. The summed E-state index contributed by atoms with van der Waals surface area (Å²) in [5, 5.41) is 1.12. The van der Waals surface area contributed by atoms with Gasteiger partial charge >= 0.3 is 6.09 Å². The maximum Gasteiger partial charge on any atom is 0.410 e. The minimum Gasteiger partial charge on any atom is -0.490 e. The third kappa shape index (κ3) is 9.58. The van der Waals surface area contributed by atoms with Gasteiger partial charge in [0.2, 0.25) is 0 Å². The number of nitrogens with zero attached hydrogens (tertiary/aromatic N) is 1. The quantitative estimate of drug-likeness (QED) is 0.372. The molecule has 0 aromatic carbocycles. The summed E-state index contributed by atoms with van der Waals surface area (Å²) in [5.41, 5.74) is -0.512. The second-order valence-electron chi connectivity index (χ2n) is 5.22. The Morgan fingerprint density at radius 1 is 1.43 bits per heavy atom. The van der Waals surface area contributed by atoms with Crippen LogP contribution in [0, 0.1) is 0 Å². The van der Waals surface area contributed by atoms with Crippen LogP contribution in [0.4, 0.5) is 4.79 Å². The van der Waals surface area contributed by atoms with Crippen molar-refractivity contribution in [1.82, 2.24) is 4.90 Å². The van der Waals surface area contributed by atoms with Gasteiger partial charge in [0.1, 0.15) is 18.0 Å². The molecule has 0 bridgehead atoms. The van der Waals surface area contributed by atoms with E-state index in [0.29, 0.717) is 29.3 Å². The van der Waals surface area contributed by atoms with Gasteiger partial charge < -0.3 is 14.4 Å². The fourth-order valence-corrected chi connectivity index (χ4v) is 1.48. The van der Waals surface area contributed by atoms with Crippen LogP contribution in [0.2, 0.25) is 0 Å². The molecule has 0 saturated heterocycles. The molecule has 0 radical (unpaired) electrons. The molecule has 0 N–H and O–H groups in total. The van der Waals surface area contributed by atoms with E-state index in [9.17, 15) is 4.79 Å². The molecule has 0 aromatic rings. The van der Waals surface area contributed by atoms with Gasteiger partial charge in [-0.25, -0.2) is 4.79 Å². The number of carbonyl (C=O) groups is 1. The molecule has 0 unspecified atom stereocenters. The number of halogens is 2. The highest BCUT2D eigenvalue weighted by Gasteiger charge is 2.19. The van der Waals surface area contributed by atoms with Crippen molar-refractivity contribution in [1.29, 1.82) is 0 Å². The molecular weight excluding hydrogens is 358 g/mol. The Morgan fingerprint density at radius 3 is 2.52 bits per heavy atom. The Bertz CT molecular complexity index is 414. The second-order valence-corrected chi connectivity index (χ2v) is 6.28. The first-order valence-electron chi connectivity index (χ1n) is 6.53. The van der Waals surface area contributed by atoms with E-state index in [1.165, 1.54) is 11.0 Å². The zero-order valence-corrected chi connectivity index (χ0v) is 15.3. The summed E-state index contributed by atoms with van der Waals surface area (Å²) in [6.07, 6.45) is 4.74. The van der Waals surface area contributed by atoms with Gasteiger partial charge in [-0.05, 0) is 32.9 Å². The van der Waals surface area contributed by atoms with Crippen LogP contribution in [0.15, 0.2) is 35.6 Å². The molecule has 4 nitrogen and oxygen atoms in total. The fraction of sp³-hybridized carbons (Fsp3) is 0.533. The van der Waals surface area contributed by atoms with Gasteiger partial charge in [0.25, 0.3) is 0 Å². The second kappa shape index (κ2) is 9.90. The van der Waals surface area contributed by atoms with E-state index in [1.807, 2.05) is 26.8 Å². The molecule has 0 aliphatic heterocycles. The molecule has 0 rings (SSSR count). The van der Waals surface area contributed by atoms with Gasteiger partial charge in [-0.15, -0.1) is 0 Å². The maximum absolute atomic E-state index is 11.8. The SMILES string of the molecule is C=C/C(Cl)=C(\C=C/CBr)OCCN(C)C(=O)OC(C)(C)C. The summed E-state index contributed by atoms with van der Waals surface area (Å²) in [7, 11) is 1.66. The lowest BCUT2D eigenvalue weighted by atomic mass is 10.2. The van der Waals surface area contributed by atoms with E-state index >= 15 is 0 Å². The molecule has 21 heavy (non-hydrogen) atoms. The predicted molar refractivity (Wildman–Crippen MR) is 90.8 cm³/mol. The van der Waals surface area contributed by atoms with Crippen LogP contribution in [0.3, 0.4) is 0 Å². The predicted octanol–water partition coefficient (Wildman–Crippen LogP) is 4.46. The maximum atomic E-state index is 11.8. The van der Waals surface area contributed by atoms with E-state index in [-0.39, 0.29) is 6.09 Å². The van der Waals surface area contributed by atoms with Gasteiger partial charge in [0.05, 0.1) is 11.6 Å². The van der Waals surface area contributed by atoms with E-state index < -0.39 is 5.60 Å². The molecule has 6 heteroatoms. The average molecular weight is 381 g/mol. The third-order valence-electron chi connectivity index (χ3n) is 2.16. The van der Waals surface area contributed by atoms with Gasteiger partial charge in [-0.1, -0.05) is 40.2 Å². The minimum atomic E-state index is -0.512. The number of hydrogen-bond donors (Lipinski definition) is 0. The van der Waals surface area contributed by atoms with Gasteiger partial charge in [-0.2, -0.15) is 0 Å². The van der Waals surface area contributed by atoms with Crippen molar-refractivity contribution in [3.05, 3.63) is 35.6 Å². The number of allylic oxidation sites excluding steroid dienone is 4. The molecule has 0 spiro atoms. The first-order valence-corrected chi connectivity index (χ1v) is 8.03. The highest BCUT2D eigenvalue weighted by atomic mass is 79.9. The summed E-state index contributed by atoms with van der Waals surface area (Å²) in [6, 6.07) is 0. The fourth-order valence-electron chi connectivity index (χ4n) is 1.17. The summed E-state index contributed by atoms with van der Waals surface area (Å²) < 4.78 is 10.8. The van der Waals surface area contributed by atoms with Crippen LogP contribution in [0.25, 0.3) is 0 Å². The van der Waals surface area contributed by atoms with Crippen LogP contribution in [-0.2, 0) is 9.47 Å². The van der Waals surface area contributed by atoms with Gasteiger partial charge in [-0.3, -0.25) is 0 Å². The number of likely N-dealkylation sites (N-methyl/N-ethyl adjacent to an activating group) is 1. The molecule has 0 aromatic heterocycles. The molecule has 0 saturated carbocycles. The number of amides is 1. The zero-order valence-electron chi connectivity index (χ0n) is 13.0. The summed E-state index contributed by atoms with van der Waals surface area (Å²) in [4.78, 5) is 13.2. The van der Waals surface area contributed by atoms with Gasteiger partial charge in [0, 0.05) is 12.4 Å². The van der Waals surface area contributed by atoms with E-state index in [2.05, 4.69) is 22.5 Å². The number of rotatable bonds is 7. The molecule has 1 amide bonds. The summed E-state index contributed by atoms with van der Waals surface area (Å²) in [5.74, 6) is 0.517. The largest absolute Gasteiger partial charge is 0.490 e. The topological polar surface area (TPSA) is 38.8 Å². The number of carbonyl (C=O) groups excluding carboxylic acids is 1. The first-order chi connectivity index (χ1) is 9.71. The number of alkyl halides is 1. The van der Waals surface area contributed by atoms with Crippen LogP contribution in [-0.4, -0.2) is 42.1 Å². The van der Waals surface area contributed by atoms with Crippen LogP contribution in [0.1, 0.15) is 20.8 Å². The Labute approximate surface area is 140 Å². The summed E-state index contributed by atoms with van der Waals surface area (Å²) in [6.45, 7) is 9.77. The third-order valence-corrected chi connectivity index (χ3v) is 2.88. The highest BCUT2D eigenvalue weighted by Crippen LogP contribution is 2.14. The average Bonchev–Trinajstić information content (AvgIpc) is 2.39. The van der Waals surface area contributed by atoms with Crippen molar-refractivity contribution in [2.75, 3.05) is 25.5 Å². The number of ether oxygens (including phenoxy) is 2. The van der Waals surface area contributed by atoms with Crippen LogP contribution in [0.5, 0.6) is 0 Å². The van der Waals surface area contributed by atoms with Crippen LogP contribution < -0.4 is 0 Å². The van der Waals surface area contributed by atoms with E-state index in [0.717, 1.165) is 0 Å². The van der Waals surface area contributed by atoms with Crippen LogP contribution >= 0.6 is 27.5 Å². The Morgan fingerprint density at radius 2 is 2.05 bits per heavy atom. The van der Waals surface area contributed by atoms with Crippen molar-refractivity contribution in [2.45, 2.75) is 26.4 Å². The molecule has 0 aliphatic rings. The van der Waals surface area contributed by atoms with Crippen molar-refractivity contribution in [3.8, 4) is 0 Å². The van der Waals surface area contributed by atoms with Crippen molar-refractivity contribution >= 4 is 33.6 Å². The molecular formula is C15H23BrClNO3. The van der Waals surface area contributed by atoms with E-state index in [1.54, 1.807) is 13.1 Å². The Kier molecular flexibility index (Phi) is 9.46. The lowest BCUT2D eigenvalue weighted by Crippen LogP contribution is -2.36. The molecule has 0 heterocycles. The highest BCUT2D eigenvalue weighted by molar-refractivity contribution is 9.09. The molecule has 120 valence electrons. The first kappa shape index (κ1) is 20.1. The zero-order chi connectivity index (χ0) is 16.5. The smallest absolute Gasteiger partial charge is 0.410 e. The Balaban J connectivity index is 4.42. The minimum absolute atomic E-state index is 0.307. The monoisotopic (exact) mass is 379 g/mol. The molecule has 0 fully saturated rings.